The summed E-state index contributed by atoms with van der Waals surface area (Å²) in [6.07, 6.45) is 0. The van der Waals surface area contributed by atoms with Gasteiger partial charge in [0.15, 0.2) is 5.65 Å². The molecule has 0 aliphatic carbocycles. The lowest BCUT2D eigenvalue weighted by molar-refractivity contribution is 0.621. The molecule has 1 aromatic carbocycles. The third kappa shape index (κ3) is 2.11. The van der Waals surface area contributed by atoms with E-state index in [1.807, 2.05) is 0 Å². The topological polar surface area (TPSA) is 83.5 Å². The Kier molecular flexibility index (Phi) is 3.25. The maximum atomic E-state index is 13.6. The second-order valence-corrected chi connectivity index (χ2v) is 5.18. The number of benzene rings is 1. The van der Waals surface area contributed by atoms with E-state index < -0.39 is 17.1 Å². The van der Waals surface area contributed by atoms with E-state index in [1.54, 1.807) is 19.1 Å². The lowest BCUT2D eigenvalue weighted by atomic mass is 10.2. The van der Waals surface area contributed by atoms with Gasteiger partial charge in [0.1, 0.15) is 17.2 Å². The van der Waals surface area contributed by atoms with Crippen LogP contribution in [0.3, 0.4) is 0 Å². The Bertz CT molecular complexity index is 957. The zero-order valence-corrected chi connectivity index (χ0v) is 12.5. The number of imidazole rings is 1. The third-order valence-electron chi connectivity index (χ3n) is 3.16. The van der Waals surface area contributed by atoms with E-state index in [2.05, 4.69) is 30.9 Å². The Morgan fingerprint density at radius 2 is 2.10 bits per heavy atom. The number of hydrogen-bond donors (Lipinski definition) is 2. The van der Waals surface area contributed by atoms with Crippen LogP contribution in [0.1, 0.15) is 6.92 Å². The van der Waals surface area contributed by atoms with Crippen molar-refractivity contribution < 1.29 is 4.39 Å². The largest absolute Gasteiger partial charge is 0.332 e. The number of aryl methyl sites for hydroxylation is 1. The Balaban J connectivity index is 2.37. The van der Waals surface area contributed by atoms with Crippen LogP contribution in [0.25, 0.3) is 22.6 Å². The molecule has 0 unspecified atom stereocenters. The standard InChI is InChI=1S/C13H10BrFN4O2/c1-2-19-11-9(12(20)18-13(19)21)16-10(17-11)6-4-3-5-7(15)8(6)14/h3-5H,2H2,1H3,(H,16,17)(H,18,20,21). The molecule has 8 heteroatoms. The molecular weight excluding hydrogens is 343 g/mol. The molecular formula is C13H10BrFN4O2. The minimum Gasteiger partial charge on any atom is -0.332 e. The van der Waals surface area contributed by atoms with Gasteiger partial charge in [0, 0.05) is 12.1 Å². The molecule has 21 heavy (non-hydrogen) atoms. The molecule has 2 N–H and O–H groups in total. The second kappa shape index (κ2) is 4.96. The Hall–Kier alpha value is -2.22. The van der Waals surface area contributed by atoms with Gasteiger partial charge in [-0.25, -0.2) is 14.2 Å². The van der Waals surface area contributed by atoms with Crippen LogP contribution in [-0.2, 0) is 6.54 Å². The van der Waals surface area contributed by atoms with Crippen LogP contribution >= 0.6 is 15.9 Å². The van der Waals surface area contributed by atoms with E-state index in [0.717, 1.165) is 0 Å². The summed E-state index contributed by atoms with van der Waals surface area (Å²) in [5.41, 5.74) is -0.168. The summed E-state index contributed by atoms with van der Waals surface area (Å²) in [6, 6.07) is 4.51. The van der Waals surface area contributed by atoms with E-state index in [4.69, 9.17) is 0 Å². The average Bonchev–Trinajstić information content (AvgIpc) is 2.87. The number of hydrogen-bond acceptors (Lipinski definition) is 3. The van der Waals surface area contributed by atoms with Gasteiger partial charge in [-0.1, -0.05) is 6.07 Å². The summed E-state index contributed by atoms with van der Waals surface area (Å²) < 4.78 is 15.2. The van der Waals surface area contributed by atoms with E-state index in [1.165, 1.54) is 10.6 Å². The Morgan fingerprint density at radius 1 is 1.33 bits per heavy atom. The van der Waals surface area contributed by atoms with Gasteiger partial charge in [-0.15, -0.1) is 0 Å². The normalized spacial score (nSPS) is 11.2. The van der Waals surface area contributed by atoms with Crippen LogP contribution in [0.15, 0.2) is 32.3 Å². The van der Waals surface area contributed by atoms with Gasteiger partial charge in [0.25, 0.3) is 5.56 Å². The molecule has 0 spiro atoms. The van der Waals surface area contributed by atoms with E-state index in [9.17, 15) is 14.0 Å². The van der Waals surface area contributed by atoms with Crippen molar-refractivity contribution in [3.8, 4) is 11.4 Å². The maximum absolute atomic E-state index is 13.6. The molecule has 3 aromatic rings. The van der Waals surface area contributed by atoms with Gasteiger partial charge in [0.2, 0.25) is 0 Å². The zero-order chi connectivity index (χ0) is 15.1. The van der Waals surface area contributed by atoms with Crippen LogP contribution < -0.4 is 11.2 Å². The Labute approximate surface area is 125 Å². The van der Waals surface area contributed by atoms with Crippen molar-refractivity contribution in [2.24, 2.45) is 0 Å². The highest BCUT2D eigenvalue weighted by Crippen LogP contribution is 2.28. The number of fused-ring (bicyclic) bond motifs is 1. The molecule has 6 nitrogen and oxygen atoms in total. The van der Waals surface area contributed by atoms with Crippen LogP contribution in [0, 0.1) is 5.82 Å². The highest BCUT2D eigenvalue weighted by Gasteiger charge is 2.15. The third-order valence-corrected chi connectivity index (χ3v) is 3.96. The highest BCUT2D eigenvalue weighted by molar-refractivity contribution is 9.10. The molecule has 108 valence electrons. The number of nitrogens with one attached hydrogen (secondary N) is 2. The average molecular weight is 353 g/mol. The summed E-state index contributed by atoms with van der Waals surface area (Å²) >= 11 is 3.15. The molecule has 0 saturated heterocycles. The number of rotatable bonds is 2. The van der Waals surface area contributed by atoms with Crippen molar-refractivity contribution >= 4 is 27.1 Å². The minimum atomic E-state index is -0.550. The van der Waals surface area contributed by atoms with Crippen molar-refractivity contribution in [1.29, 1.82) is 0 Å². The lowest BCUT2D eigenvalue weighted by Crippen LogP contribution is -2.29. The van der Waals surface area contributed by atoms with E-state index in [0.29, 0.717) is 17.9 Å². The summed E-state index contributed by atoms with van der Waals surface area (Å²) in [7, 11) is 0. The first kappa shape index (κ1) is 13.7. The van der Waals surface area contributed by atoms with Gasteiger partial charge in [0.05, 0.1) is 4.47 Å². The minimum absolute atomic E-state index is 0.183. The molecule has 0 aliphatic rings. The molecule has 0 atom stereocenters. The van der Waals surface area contributed by atoms with Crippen molar-refractivity contribution in [3.63, 3.8) is 0 Å². The van der Waals surface area contributed by atoms with Gasteiger partial charge in [-0.2, -0.15) is 0 Å². The first-order valence-electron chi connectivity index (χ1n) is 6.20. The van der Waals surface area contributed by atoms with Gasteiger partial charge in [-0.05, 0) is 35.0 Å². The summed E-state index contributed by atoms with van der Waals surface area (Å²) in [6.45, 7) is 2.13. The van der Waals surface area contributed by atoms with Gasteiger partial charge in [-0.3, -0.25) is 14.3 Å². The summed E-state index contributed by atoms with van der Waals surface area (Å²) in [5, 5.41) is 0. The van der Waals surface area contributed by atoms with Crippen molar-refractivity contribution in [2.75, 3.05) is 0 Å². The van der Waals surface area contributed by atoms with E-state index in [-0.39, 0.29) is 15.6 Å². The Morgan fingerprint density at radius 3 is 2.81 bits per heavy atom. The SMILES string of the molecule is CCn1c(=O)[nH]c(=O)c2[nH]c(-c3cccc(F)c3Br)nc21. The second-order valence-electron chi connectivity index (χ2n) is 4.39. The summed E-state index contributed by atoms with van der Waals surface area (Å²) in [5.74, 6) is -0.121. The first-order valence-corrected chi connectivity index (χ1v) is 6.99. The van der Waals surface area contributed by atoms with Gasteiger partial charge >= 0.3 is 5.69 Å². The van der Waals surface area contributed by atoms with Crippen LogP contribution in [0.5, 0.6) is 0 Å². The van der Waals surface area contributed by atoms with Gasteiger partial charge < -0.3 is 4.98 Å². The van der Waals surface area contributed by atoms with Crippen molar-refractivity contribution in [2.45, 2.75) is 13.5 Å². The number of halogens is 2. The zero-order valence-electron chi connectivity index (χ0n) is 10.9. The predicted molar refractivity (Wildman–Crippen MR) is 79.7 cm³/mol. The van der Waals surface area contributed by atoms with Crippen molar-refractivity contribution in [1.82, 2.24) is 19.5 Å². The van der Waals surface area contributed by atoms with Crippen LogP contribution in [0.4, 0.5) is 4.39 Å². The smallest absolute Gasteiger partial charge is 0.330 e. The molecule has 2 aromatic heterocycles. The fourth-order valence-electron chi connectivity index (χ4n) is 2.15. The summed E-state index contributed by atoms with van der Waals surface area (Å²) in [4.78, 5) is 32.9. The van der Waals surface area contributed by atoms with Crippen LogP contribution in [0.2, 0.25) is 0 Å². The molecule has 0 aliphatic heterocycles. The molecule has 2 heterocycles. The molecule has 0 radical (unpaired) electrons. The molecule has 0 amide bonds. The number of aromatic nitrogens is 4. The number of nitrogens with zero attached hydrogens (tertiary/aromatic N) is 2. The predicted octanol–water partition coefficient (Wildman–Crippen LogP) is 2.00. The van der Waals surface area contributed by atoms with Crippen molar-refractivity contribution in [3.05, 3.63) is 49.3 Å². The lowest BCUT2D eigenvalue weighted by Gasteiger charge is -2.01. The van der Waals surface area contributed by atoms with E-state index >= 15 is 0 Å². The first-order chi connectivity index (χ1) is 10.0. The fourth-order valence-corrected chi connectivity index (χ4v) is 2.60. The quantitative estimate of drug-likeness (QED) is 0.739. The number of H-pyrrole nitrogens is 2. The molecule has 3 rings (SSSR count). The highest BCUT2D eigenvalue weighted by atomic mass is 79.9. The maximum Gasteiger partial charge on any atom is 0.330 e. The molecule has 0 saturated carbocycles. The number of aromatic amines is 2. The monoisotopic (exact) mass is 352 g/mol. The van der Waals surface area contributed by atoms with Crippen LogP contribution in [-0.4, -0.2) is 19.5 Å². The fraction of sp³-hybridized carbons (Fsp3) is 0.154. The molecule has 0 bridgehead atoms. The molecule has 0 fully saturated rings.